The van der Waals surface area contributed by atoms with E-state index < -0.39 is 10.5 Å². The highest BCUT2D eigenvalue weighted by Gasteiger charge is 2.20. The van der Waals surface area contributed by atoms with E-state index in [1.54, 1.807) is 66.7 Å². The number of para-hydroxylation sites is 1. The highest BCUT2D eigenvalue weighted by molar-refractivity contribution is 9.10. The second kappa shape index (κ2) is 12.7. The fourth-order valence-corrected chi connectivity index (χ4v) is 5.43. The maximum Gasteiger partial charge on any atom is 0.282 e. The predicted molar refractivity (Wildman–Crippen MR) is 177 cm³/mol. The van der Waals surface area contributed by atoms with Gasteiger partial charge in [0, 0.05) is 32.6 Å². The quantitative estimate of drug-likeness (QED) is 0.0837. The Morgan fingerprint density at radius 1 is 1.07 bits per heavy atom. The van der Waals surface area contributed by atoms with Gasteiger partial charge in [-0.2, -0.15) is 9.78 Å². The molecule has 0 N–H and O–H groups in total. The number of aromatic nitrogens is 2. The summed E-state index contributed by atoms with van der Waals surface area (Å²) in [6, 6.07) is 21.6. The maximum atomic E-state index is 13.7. The van der Waals surface area contributed by atoms with Gasteiger partial charge in [-0.25, -0.2) is 4.98 Å². The molecule has 0 aliphatic heterocycles. The summed E-state index contributed by atoms with van der Waals surface area (Å²) in [4.78, 5) is 28.9. The molecule has 0 bridgehead atoms. The van der Waals surface area contributed by atoms with Crippen LogP contribution in [0.3, 0.4) is 0 Å². The first-order chi connectivity index (χ1) is 21.7. The number of rotatable bonds is 9. The lowest BCUT2D eigenvalue weighted by Gasteiger charge is -2.16. The third-order valence-corrected chi connectivity index (χ3v) is 8.43. The van der Waals surface area contributed by atoms with Gasteiger partial charge in [0.2, 0.25) is 5.82 Å². The van der Waals surface area contributed by atoms with E-state index in [-0.39, 0.29) is 28.9 Å². The first-order valence-corrected chi connectivity index (χ1v) is 15.0. The Morgan fingerprint density at radius 3 is 2.60 bits per heavy atom. The van der Waals surface area contributed by atoms with Gasteiger partial charge in [-0.05, 0) is 83.0 Å². The van der Waals surface area contributed by atoms with Crippen molar-refractivity contribution in [1.29, 1.82) is 0 Å². The molecule has 4 aromatic carbocycles. The predicted octanol–water partition coefficient (Wildman–Crippen LogP) is 8.65. The average Bonchev–Trinajstić information content (AvgIpc) is 3.46. The van der Waals surface area contributed by atoms with Gasteiger partial charge in [0.15, 0.2) is 17.3 Å². The van der Waals surface area contributed by atoms with Crippen LogP contribution >= 0.6 is 39.1 Å². The Hall–Kier alpha value is -4.71. The Labute approximate surface area is 273 Å². The van der Waals surface area contributed by atoms with E-state index in [2.05, 4.69) is 21.0 Å². The minimum Gasteiger partial charge on any atom is -0.490 e. The molecule has 0 amide bonds. The van der Waals surface area contributed by atoms with Crippen LogP contribution in [-0.4, -0.2) is 27.4 Å². The van der Waals surface area contributed by atoms with Gasteiger partial charge < -0.3 is 13.9 Å². The number of hydrogen-bond acceptors (Lipinski definition) is 8. The van der Waals surface area contributed by atoms with E-state index in [9.17, 15) is 14.9 Å². The fourth-order valence-electron chi connectivity index (χ4n) is 4.60. The number of hydrogen-bond donors (Lipinski definition) is 0. The van der Waals surface area contributed by atoms with Gasteiger partial charge in [-0.3, -0.25) is 14.9 Å². The Bertz CT molecular complexity index is 2180. The minimum atomic E-state index is -0.468. The highest BCUT2D eigenvalue weighted by Crippen LogP contribution is 2.43. The van der Waals surface area contributed by atoms with Crippen LogP contribution < -0.4 is 15.0 Å². The number of non-ortho nitro benzene ring substituents is 1. The number of benzene rings is 4. The molecule has 0 unspecified atom stereocenters. The van der Waals surface area contributed by atoms with Gasteiger partial charge in [0.25, 0.3) is 11.2 Å². The molecule has 10 nitrogen and oxygen atoms in total. The lowest BCUT2D eigenvalue weighted by Crippen LogP contribution is -2.20. The van der Waals surface area contributed by atoms with Gasteiger partial charge >= 0.3 is 0 Å². The molecule has 2 heterocycles. The van der Waals surface area contributed by atoms with Crippen molar-refractivity contribution >= 4 is 72.9 Å². The topological polar surface area (TPSA) is 122 Å². The van der Waals surface area contributed by atoms with Crippen molar-refractivity contribution < 1.29 is 18.8 Å². The summed E-state index contributed by atoms with van der Waals surface area (Å²) < 4.78 is 19.5. The van der Waals surface area contributed by atoms with Crippen LogP contribution in [0.4, 0.5) is 5.69 Å². The van der Waals surface area contributed by atoms with Gasteiger partial charge in [0.05, 0.1) is 28.6 Å². The van der Waals surface area contributed by atoms with Crippen LogP contribution in [0.1, 0.15) is 18.1 Å². The monoisotopic (exact) mass is 706 g/mol. The lowest BCUT2D eigenvalue weighted by molar-refractivity contribution is -0.384. The van der Waals surface area contributed by atoms with E-state index in [0.717, 1.165) is 5.39 Å². The molecule has 0 radical (unpaired) electrons. The van der Waals surface area contributed by atoms with Crippen LogP contribution in [0.25, 0.3) is 33.5 Å². The van der Waals surface area contributed by atoms with E-state index in [0.29, 0.717) is 55.2 Å². The number of halogens is 3. The molecule has 45 heavy (non-hydrogen) atoms. The second-order valence-electron chi connectivity index (χ2n) is 9.67. The molecule has 0 saturated heterocycles. The number of nitro benzene ring substituents is 1. The van der Waals surface area contributed by atoms with Gasteiger partial charge in [-0.15, -0.1) is 0 Å². The number of nitrogens with zero attached hydrogens (tertiary/aromatic N) is 4. The Kier molecular flexibility index (Phi) is 8.57. The van der Waals surface area contributed by atoms with Crippen LogP contribution in [0.2, 0.25) is 10.0 Å². The smallest absolute Gasteiger partial charge is 0.282 e. The van der Waals surface area contributed by atoms with E-state index in [1.165, 1.54) is 23.0 Å². The summed E-state index contributed by atoms with van der Waals surface area (Å²) in [7, 11) is 0. The zero-order valence-electron chi connectivity index (χ0n) is 23.4. The van der Waals surface area contributed by atoms with Crippen LogP contribution in [0.15, 0.2) is 97.6 Å². The summed E-state index contributed by atoms with van der Waals surface area (Å²) in [6.07, 6.45) is 1.46. The molecular formula is C32H21BrCl2N4O6. The summed E-state index contributed by atoms with van der Waals surface area (Å²) >= 11 is 16.4. The van der Waals surface area contributed by atoms with E-state index in [4.69, 9.17) is 42.1 Å². The SMILES string of the molecule is CCOc1cc(C=Nn2c(-c3cc4cc(Cl)ccc4o3)nc3ccccc3c2=O)c(Br)c(Cl)c1OCc1ccc([N+](=O)[O-])cc1. The normalized spacial score (nSPS) is 11.5. The zero-order chi connectivity index (χ0) is 31.7. The largest absolute Gasteiger partial charge is 0.490 e. The van der Waals surface area contributed by atoms with Crippen molar-refractivity contribution in [3.63, 3.8) is 0 Å². The first kappa shape index (κ1) is 30.3. The highest BCUT2D eigenvalue weighted by atomic mass is 79.9. The molecule has 0 fully saturated rings. The Morgan fingerprint density at radius 2 is 1.84 bits per heavy atom. The molecule has 0 atom stereocenters. The molecule has 0 aliphatic carbocycles. The molecule has 6 aromatic rings. The van der Waals surface area contributed by atoms with Crippen molar-refractivity contribution in [2.45, 2.75) is 13.5 Å². The second-order valence-corrected chi connectivity index (χ2v) is 11.3. The summed E-state index contributed by atoms with van der Waals surface area (Å²) in [6.45, 7) is 2.22. The van der Waals surface area contributed by atoms with Crippen molar-refractivity contribution in [2.24, 2.45) is 5.10 Å². The lowest BCUT2D eigenvalue weighted by atomic mass is 10.2. The van der Waals surface area contributed by atoms with Crippen molar-refractivity contribution in [3.05, 3.63) is 125 Å². The average molecular weight is 708 g/mol. The van der Waals surface area contributed by atoms with Crippen LogP contribution in [0.5, 0.6) is 11.5 Å². The van der Waals surface area contributed by atoms with Gasteiger partial charge in [0.1, 0.15) is 17.2 Å². The Balaban J connectivity index is 1.40. The van der Waals surface area contributed by atoms with Crippen molar-refractivity contribution in [3.8, 4) is 23.1 Å². The third kappa shape index (κ3) is 6.15. The van der Waals surface area contributed by atoms with Crippen LogP contribution in [-0.2, 0) is 6.61 Å². The first-order valence-electron chi connectivity index (χ1n) is 13.5. The summed E-state index contributed by atoms with van der Waals surface area (Å²) in [5.41, 5.74) is 1.83. The number of fused-ring (bicyclic) bond motifs is 2. The standard InChI is InChI=1S/C32H21BrCl2N4O6/c1-2-43-26-15-20(28(33)29(35)30(26)44-17-18-7-10-22(11-8-18)39(41)42)16-36-38-31(37-24-6-4-3-5-23(24)32(38)40)27-14-19-13-21(34)9-12-25(19)45-27/h3-16H,2,17H2,1H3. The van der Waals surface area contributed by atoms with E-state index in [1.807, 2.05) is 6.92 Å². The summed E-state index contributed by atoms with van der Waals surface area (Å²) in [5, 5.41) is 17.4. The molecule has 226 valence electrons. The number of nitro groups is 1. The number of ether oxygens (including phenoxy) is 2. The molecular weight excluding hydrogens is 687 g/mol. The maximum absolute atomic E-state index is 13.7. The zero-order valence-corrected chi connectivity index (χ0v) is 26.5. The molecule has 2 aromatic heterocycles. The van der Waals surface area contributed by atoms with Crippen LogP contribution in [0, 0.1) is 10.1 Å². The molecule has 0 aliphatic rings. The van der Waals surface area contributed by atoms with Crippen molar-refractivity contribution in [1.82, 2.24) is 9.66 Å². The third-order valence-electron chi connectivity index (χ3n) is 6.75. The summed E-state index contributed by atoms with van der Waals surface area (Å²) in [5.74, 6) is 1.13. The molecule has 0 spiro atoms. The van der Waals surface area contributed by atoms with E-state index >= 15 is 0 Å². The molecule has 13 heteroatoms. The molecule has 6 rings (SSSR count). The van der Waals surface area contributed by atoms with Crippen molar-refractivity contribution in [2.75, 3.05) is 6.61 Å². The minimum absolute atomic E-state index is 0.0215. The molecule has 0 saturated carbocycles. The fraction of sp³-hybridized carbons (Fsp3) is 0.0938. The van der Waals surface area contributed by atoms with Gasteiger partial charge in [-0.1, -0.05) is 35.3 Å². The number of furan rings is 1.